The molecule has 0 saturated carbocycles. The number of nitrogens with zero attached hydrogens (tertiary/aromatic N) is 3. The minimum absolute atomic E-state index is 0. The number of phenols is 1. The van der Waals surface area contributed by atoms with Crippen LogP contribution in [0.3, 0.4) is 0 Å². The number of aromatic hydroxyl groups is 1. The van der Waals surface area contributed by atoms with Gasteiger partial charge in [-0.25, -0.2) is 4.98 Å². The van der Waals surface area contributed by atoms with Crippen molar-refractivity contribution >= 4 is 11.0 Å². The van der Waals surface area contributed by atoms with Crippen LogP contribution < -0.4 is 0 Å². The summed E-state index contributed by atoms with van der Waals surface area (Å²) >= 11 is 0. The standard InChI is InChI=1S/C60H64N3O.Pt/c1-37-23-24-40(29-38(37)2)41-27-28-61-51(33-41)43-30-42(31-45(32-43)58(6,7)8)47-21-18-22-53-54(47)62-56(49-35-46(59(9,10)11)36-50(55(49)64)60(12,13)14)63(53)52-26-25-44(57(3,4)5)34-48(52)39-19-16-15-17-20-39;/h15-29,31-36,64H,1-14H3;/q-1;/i1D3,2D3,9D3,10D3,11D3,12D3,13D3,14D3,23D,24D,29D;. The monoisotopic (exact) mass is 1060 g/mol. The topological polar surface area (TPSA) is 50.9 Å². The third-order valence-corrected chi connectivity index (χ3v) is 11.2. The Kier molecular flexibility index (Phi) is 6.33. The molecule has 0 aliphatic heterocycles. The summed E-state index contributed by atoms with van der Waals surface area (Å²) in [6.07, 6.45) is 1.30. The molecule has 0 fully saturated rings. The normalized spacial score (nSPS) is 20.1. The summed E-state index contributed by atoms with van der Waals surface area (Å²) in [6, 6.07) is 26.9. The molecule has 0 bridgehead atoms. The van der Waals surface area contributed by atoms with E-state index in [0.717, 1.165) is 5.56 Å². The van der Waals surface area contributed by atoms with Crippen LogP contribution in [-0.4, -0.2) is 19.6 Å². The minimum Gasteiger partial charge on any atom is -0.507 e. The van der Waals surface area contributed by atoms with Crippen LogP contribution in [0.25, 0.3) is 72.7 Å². The summed E-state index contributed by atoms with van der Waals surface area (Å²) < 4.78 is 236. The van der Waals surface area contributed by atoms with Crippen LogP contribution in [0.15, 0.2) is 127 Å². The summed E-state index contributed by atoms with van der Waals surface area (Å²) in [7, 11) is 0. The van der Waals surface area contributed by atoms with Gasteiger partial charge < -0.3 is 5.11 Å². The van der Waals surface area contributed by atoms with Crippen LogP contribution in [0.5, 0.6) is 5.75 Å². The van der Waals surface area contributed by atoms with Gasteiger partial charge in [-0.1, -0.05) is 173 Å². The Hall–Kier alpha value is -5.57. The molecule has 0 amide bonds. The third-order valence-electron chi connectivity index (χ3n) is 11.2. The van der Waals surface area contributed by atoms with Crippen molar-refractivity contribution in [3.8, 4) is 67.5 Å². The Morgan fingerprint density at radius 2 is 1.29 bits per heavy atom. The maximum Gasteiger partial charge on any atom is 0.148 e. The van der Waals surface area contributed by atoms with E-state index in [-0.39, 0.29) is 77.4 Å². The maximum atomic E-state index is 13.1. The molecule has 65 heavy (non-hydrogen) atoms. The first-order chi connectivity index (χ1) is 41.2. The fourth-order valence-corrected chi connectivity index (χ4v) is 7.66. The van der Waals surface area contributed by atoms with E-state index in [0.29, 0.717) is 22.8 Å². The Morgan fingerprint density at radius 3 is 1.98 bits per heavy atom. The Morgan fingerprint density at radius 1 is 0.600 bits per heavy atom. The van der Waals surface area contributed by atoms with Gasteiger partial charge in [0.25, 0.3) is 0 Å². The van der Waals surface area contributed by atoms with Crippen molar-refractivity contribution in [1.29, 1.82) is 0 Å². The first kappa shape index (κ1) is 23.7. The number of pyridine rings is 1. The summed E-state index contributed by atoms with van der Waals surface area (Å²) in [5.74, 6) is -1.99. The molecule has 2 heterocycles. The number of rotatable bonds is 6. The Labute approximate surface area is 440 Å². The molecule has 0 spiro atoms. The van der Waals surface area contributed by atoms with Gasteiger partial charge >= 0.3 is 0 Å². The van der Waals surface area contributed by atoms with Crippen LogP contribution in [-0.2, 0) is 42.7 Å². The number of fused-ring (bicyclic) bond motifs is 1. The Balaban J connectivity index is 0.0000120. The van der Waals surface area contributed by atoms with Gasteiger partial charge in [-0.2, -0.15) is 0 Å². The fraction of sp³-hybridized carbons (Fsp3) is 0.300. The van der Waals surface area contributed by atoms with E-state index in [1.807, 2.05) is 47.6 Å². The van der Waals surface area contributed by atoms with Gasteiger partial charge in [0.05, 0.1) is 26.4 Å². The smallest absolute Gasteiger partial charge is 0.148 e. The van der Waals surface area contributed by atoms with E-state index < -0.39 is 134 Å². The molecule has 2 aromatic heterocycles. The van der Waals surface area contributed by atoms with Crippen molar-refractivity contribution in [3.05, 3.63) is 167 Å². The predicted octanol–water partition coefficient (Wildman–Crippen LogP) is 16.1. The van der Waals surface area contributed by atoms with Crippen LogP contribution >= 0.6 is 0 Å². The molecular formula is C60H64N3OPt-. The van der Waals surface area contributed by atoms with Gasteiger partial charge in [-0.05, 0) is 105 Å². The molecule has 0 aliphatic rings. The number of benzene rings is 6. The van der Waals surface area contributed by atoms with Gasteiger partial charge in [-0.15, -0.1) is 29.3 Å². The third kappa shape index (κ3) is 9.43. The van der Waals surface area contributed by atoms with Gasteiger partial charge in [0.1, 0.15) is 11.6 Å². The number of hydrogen-bond acceptors (Lipinski definition) is 3. The molecule has 0 saturated heterocycles. The second kappa shape index (κ2) is 17.3. The van der Waals surface area contributed by atoms with E-state index in [1.165, 1.54) is 22.9 Å². The van der Waals surface area contributed by atoms with E-state index in [1.54, 1.807) is 72.8 Å². The maximum absolute atomic E-state index is 13.1. The molecule has 6 aromatic carbocycles. The van der Waals surface area contributed by atoms with Crippen molar-refractivity contribution in [2.24, 2.45) is 0 Å². The van der Waals surface area contributed by atoms with E-state index >= 15 is 0 Å². The summed E-state index contributed by atoms with van der Waals surface area (Å²) in [6.45, 7) is -19.9. The second-order valence-electron chi connectivity index (χ2n) is 18.1. The number of imidazole rings is 1. The molecule has 0 aliphatic carbocycles. The summed E-state index contributed by atoms with van der Waals surface area (Å²) in [4.78, 5) is 9.73. The SMILES string of the molecule is [2H]c1c([2H])c(C([2H])([2H])[2H])c(C([2H])([2H])[2H])c([2H])c1-c1ccnc(-c2[c-]c(-c3cccc4c3nc(-c3cc(C(C([2H])([2H])[2H])(C([2H])([2H])[2H])C([2H])([2H])[2H])cc(C(C([2H])([2H])[2H])(C([2H])([2H])[2H])C([2H])([2H])[2H])c3O)n4-c3ccc(C(C)(C)C)cc3-c3ccccc3)cc(C(C)(C)C)c2)c1.[Pt]. The molecule has 336 valence electrons. The number of para-hydroxylation sites is 1. The average molecular weight is 1070 g/mol. The number of phenolic OH excluding ortho intramolecular Hbond substituents is 1. The van der Waals surface area contributed by atoms with Gasteiger partial charge in [0, 0.05) is 77.0 Å². The van der Waals surface area contributed by atoms with Crippen molar-refractivity contribution in [2.45, 2.75) is 118 Å². The first-order valence-electron chi connectivity index (χ1n) is 34.0. The molecule has 8 rings (SSSR count). The van der Waals surface area contributed by atoms with Crippen LogP contribution in [0.1, 0.15) is 153 Å². The van der Waals surface area contributed by atoms with Crippen molar-refractivity contribution < 1.29 is 63.2 Å². The molecule has 4 nitrogen and oxygen atoms in total. The zero-order valence-corrected chi connectivity index (χ0v) is 38.8. The van der Waals surface area contributed by atoms with Crippen molar-refractivity contribution in [1.82, 2.24) is 14.5 Å². The second-order valence-corrected chi connectivity index (χ2v) is 18.1. The van der Waals surface area contributed by atoms with Gasteiger partial charge in [0.2, 0.25) is 0 Å². The Bertz CT molecular complexity index is 4060. The molecule has 1 N–H and O–H groups in total. The van der Waals surface area contributed by atoms with Gasteiger partial charge in [-0.3, -0.25) is 9.55 Å². The molecule has 0 unspecified atom stereocenters. The summed E-state index contributed by atoms with van der Waals surface area (Å²) in [5.41, 5.74) is -11.9. The molecule has 0 radical (unpaired) electrons. The number of aromatic nitrogens is 3. The molecule has 8 aromatic rings. The zero-order chi connectivity index (χ0) is 68.7. The molecule has 5 heteroatoms. The van der Waals surface area contributed by atoms with E-state index in [9.17, 15) is 5.11 Å². The minimum atomic E-state index is -4.23. The predicted molar refractivity (Wildman–Crippen MR) is 271 cm³/mol. The quantitative estimate of drug-likeness (QED) is 0.169. The van der Waals surface area contributed by atoms with Crippen molar-refractivity contribution in [2.75, 3.05) is 0 Å². The van der Waals surface area contributed by atoms with Gasteiger partial charge in [0.15, 0.2) is 0 Å². The zero-order valence-electron chi connectivity index (χ0n) is 63.5. The van der Waals surface area contributed by atoms with Crippen molar-refractivity contribution in [3.63, 3.8) is 0 Å². The first-order valence-corrected chi connectivity index (χ1v) is 20.5. The summed E-state index contributed by atoms with van der Waals surface area (Å²) in [5, 5.41) is 13.1. The average Bonchev–Trinajstić information content (AvgIpc) is 0.803. The fourth-order valence-electron chi connectivity index (χ4n) is 7.66. The van der Waals surface area contributed by atoms with E-state index in [4.69, 9.17) is 42.0 Å². The van der Waals surface area contributed by atoms with Crippen LogP contribution in [0.2, 0.25) is 0 Å². The number of hydrogen-bond donors (Lipinski definition) is 1. The van der Waals surface area contributed by atoms with Crippen LogP contribution in [0.4, 0.5) is 0 Å². The van der Waals surface area contributed by atoms with E-state index in [2.05, 4.69) is 11.1 Å². The van der Waals surface area contributed by atoms with Crippen LogP contribution in [0, 0.1) is 19.8 Å². The molecule has 0 atom stereocenters. The largest absolute Gasteiger partial charge is 0.507 e. The molecular weight excluding hydrogens is 974 g/mol.